The summed E-state index contributed by atoms with van der Waals surface area (Å²) < 4.78 is 0. The standard InChI is InChI=1S/C18H35NO/c1-3-5-7-9-15-19(16-10-8-6-4-2)17-11-13-18(20)14-12-17/h17H,3-16H2,1-2H3. The van der Waals surface area contributed by atoms with Crippen LogP contribution in [-0.2, 0) is 4.79 Å². The summed E-state index contributed by atoms with van der Waals surface area (Å²) in [5, 5.41) is 0. The molecule has 1 aliphatic carbocycles. The third-order valence-electron chi connectivity index (χ3n) is 4.63. The maximum Gasteiger partial charge on any atom is 0.133 e. The molecule has 1 rings (SSSR count). The Kier molecular flexibility index (Phi) is 10.00. The van der Waals surface area contributed by atoms with Crippen LogP contribution in [0.4, 0.5) is 0 Å². The lowest BCUT2D eigenvalue weighted by molar-refractivity contribution is -0.121. The summed E-state index contributed by atoms with van der Waals surface area (Å²) in [5.41, 5.74) is 0. The summed E-state index contributed by atoms with van der Waals surface area (Å²) >= 11 is 0. The van der Waals surface area contributed by atoms with Crippen LogP contribution < -0.4 is 0 Å². The number of hydrogen-bond acceptors (Lipinski definition) is 2. The van der Waals surface area contributed by atoms with Gasteiger partial charge in [0.15, 0.2) is 0 Å². The molecule has 2 nitrogen and oxygen atoms in total. The van der Waals surface area contributed by atoms with Gasteiger partial charge in [-0.2, -0.15) is 0 Å². The SMILES string of the molecule is CCCCCCN(CCCCCC)C1CCC(=O)CC1. The van der Waals surface area contributed by atoms with E-state index in [0.717, 1.165) is 25.7 Å². The van der Waals surface area contributed by atoms with E-state index in [1.54, 1.807) is 0 Å². The minimum absolute atomic E-state index is 0.484. The molecule has 118 valence electrons. The topological polar surface area (TPSA) is 20.3 Å². The van der Waals surface area contributed by atoms with Gasteiger partial charge in [0, 0.05) is 18.9 Å². The smallest absolute Gasteiger partial charge is 0.133 e. The highest BCUT2D eigenvalue weighted by Gasteiger charge is 2.23. The van der Waals surface area contributed by atoms with Crippen LogP contribution in [0.15, 0.2) is 0 Å². The molecule has 0 aliphatic heterocycles. The van der Waals surface area contributed by atoms with Crippen LogP contribution >= 0.6 is 0 Å². The van der Waals surface area contributed by atoms with Gasteiger partial charge in [-0.3, -0.25) is 4.79 Å². The van der Waals surface area contributed by atoms with E-state index in [9.17, 15) is 4.79 Å². The number of hydrogen-bond donors (Lipinski definition) is 0. The number of rotatable bonds is 11. The zero-order valence-corrected chi connectivity index (χ0v) is 13.8. The fraction of sp³-hybridized carbons (Fsp3) is 0.944. The Hall–Kier alpha value is -0.370. The van der Waals surface area contributed by atoms with E-state index >= 15 is 0 Å². The zero-order valence-electron chi connectivity index (χ0n) is 13.8. The number of carbonyl (C=O) groups excluding carboxylic acids is 1. The van der Waals surface area contributed by atoms with Crippen LogP contribution in [0.5, 0.6) is 0 Å². The summed E-state index contributed by atoms with van der Waals surface area (Å²) in [7, 11) is 0. The van der Waals surface area contributed by atoms with Crippen molar-refractivity contribution in [2.45, 2.75) is 96.9 Å². The highest BCUT2D eigenvalue weighted by Crippen LogP contribution is 2.22. The molecular formula is C18H35NO. The van der Waals surface area contributed by atoms with E-state index in [4.69, 9.17) is 0 Å². The normalized spacial score (nSPS) is 17.1. The maximum absolute atomic E-state index is 11.4. The molecule has 0 radical (unpaired) electrons. The molecule has 1 fully saturated rings. The first-order valence-corrected chi connectivity index (χ1v) is 9.03. The lowest BCUT2D eigenvalue weighted by Crippen LogP contribution is -2.39. The Balaban J connectivity index is 2.30. The third kappa shape index (κ3) is 7.42. The first-order valence-electron chi connectivity index (χ1n) is 9.03. The average molecular weight is 281 g/mol. The van der Waals surface area contributed by atoms with Crippen molar-refractivity contribution in [2.24, 2.45) is 0 Å². The molecule has 0 saturated heterocycles. The Morgan fingerprint density at radius 2 is 1.35 bits per heavy atom. The van der Waals surface area contributed by atoms with Gasteiger partial charge in [0.05, 0.1) is 0 Å². The molecule has 0 unspecified atom stereocenters. The fourth-order valence-electron chi connectivity index (χ4n) is 3.25. The Morgan fingerprint density at radius 3 is 1.80 bits per heavy atom. The number of unbranched alkanes of at least 4 members (excludes halogenated alkanes) is 6. The first-order chi connectivity index (χ1) is 9.77. The van der Waals surface area contributed by atoms with Gasteiger partial charge in [0.2, 0.25) is 0 Å². The number of Topliss-reactive ketones (excluding diaryl/α,β-unsaturated/α-hetero) is 1. The molecule has 0 N–H and O–H groups in total. The largest absolute Gasteiger partial charge is 0.300 e. The second-order valence-corrected chi connectivity index (χ2v) is 6.43. The molecule has 0 atom stereocenters. The van der Waals surface area contributed by atoms with Gasteiger partial charge in [0.1, 0.15) is 5.78 Å². The monoisotopic (exact) mass is 281 g/mol. The molecule has 1 aliphatic rings. The summed E-state index contributed by atoms with van der Waals surface area (Å²) in [4.78, 5) is 14.1. The van der Waals surface area contributed by atoms with Crippen molar-refractivity contribution >= 4 is 5.78 Å². The molecule has 0 amide bonds. The molecule has 0 aromatic rings. The number of nitrogens with zero attached hydrogens (tertiary/aromatic N) is 1. The zero-order chi connectivity index (χ0) is 14.6. The van der Waals surface area contributed by atoms with Crippen LogP contribution in [0.1, 0.15) is 90.9 Å². The van der Waals surface area contributed by atoms with E-state index in [1.165, 1.54) is 64.5 Å². The molecule has 0 aromatic carbocycles. The van der Waals surface area contributed by atoms with Crippen LogP contribution in [0.3, 0.4) is 0 Å². The second kappa shape index (κ2) is 11.3. The summed E-state index contributed by atoms with van der Waals surface area (Å²) in [5.74, 6) is 0.484. The van der Waals surface area contributed by atoms with Crippen molar-refractivity contribution in [3.8, 4) is 0 Å². The van der Waals surface area contributed by atoms with E-state index in [-0.39, 0.29) is 0 Å². The molecule has 0 spiro atoms. The summed E-state index contributed by atoms with van der Waals surface area (Å²) in [6, 6.07) is 0.691. The molecular weight excluding hydrogens is 246 g/mol. The molecule has 0 heterocycles. The second-order valence-electron chi connectivity index (χ2n) is 6.43. The summed E-state index contributed by atoms with van der Waals surface area (Å²) in [6.45, 7) is 7.06. The average Bonchev–Trinajstić information content (AvgIpc) is 2.47. The van der Waals surface area contributed by atoms with Gasteiger partial charge in [-0.05, 0) is 38.8 Å². The quantitative estimate of drug-likeness (QED) is 0.499. The van der Waals surface area contributed by atoms with Gasteiger partial charge in [-0.15, -0.1) is 0 Å². The van der Waals surface area contributed by atoms with E-state index in [0.29, 0.717) is 11.8 Å². The van der Waals surface area contributed by atoms with Crippen molar-refractivity contribution in [1.29, 1.82) is 0 Å². The van der Waals surface area contributed by atoms with Crippen molar-refractivity contribution in [3.63, 3.8) is 0 Å². The molecule has 1 saturated carbocycles. The lowest BCUT2D eigenvalue weighted by atomic mass is 9.92. The van der Waals surface area contributed by atoms with Gasteiger partial charge in [0.25, 0.3) is 0 Å². The minimum Gasteiger partial charge on any atom is -0.300 e. The van der Waals surface area contributed by atoms with E-state index in [2.05, 4.69) is 18.7 Å². The Bertz CT molecular complexity index is 230. The third-order valence-corrected chi connectivity index (χ3v) is 4.63. The van der Waals surface area contributed by atoms with E-state index < -0.39 is 0 Å². The van der Waals surface area contributed by atoms with Crippen molar-refractivity contribution < 1.29 is 4.79 Å². The first kappa shape index (κ1) is 17.7. The highest BCUT2D eigenvalue weighted by molar-refractivity contribution is 5.79. The highest BCUT2D eigenvalue weighted by atomic mass is 16.1. The van der Waals surface area contributed by atoms with Gasteiger partial charge < -0.3 is 4.90 Å². The predicted molar refractivity (Wildman–Crippen MR) is 87.1 cm³/mol. The van der Waals surface area contributed by atoms with Crippen LogP contribution in [0, 0.1) is 0 Å². The molecule has 0 aromatic heterocycles. The molecule has 20 heavy (non-hydrogen) atoms. The van der Waals surface area contributed by atoms with Crippen molar-refractivity contribution in [2.75, 3.05) is 13.1 Å². The van der Waals surface area contributed by atoms with Gasteiger partial charge >= 0.3 is 0 Å². The molecule has 2 heteroatoms. The van der Waals surface area contributed by atoms with Crippen LogP contribution in [0.2, 0.25) is 0 Å². The Morgan fingerprint density at radius 1 is 0.850 bits per heavy atom. The minimum atomic E-state index is 0.484. The lowest BCUT2D eigenvalue weighted by Gasteiger charge is -2.34. The van der Waals surface area contributed by atoms with Crippen LogP contribution in [-0.4, -0.2) is 29.8 Å². The van der Waals surface area contributed by atoms with Crippen molar-refractivity contribution in [3.05, 3.63) is 0 Å². The van der Waals surface area contributed by atoms with E-state index in [1.807, 2.05) is 0 Å². The van der Waals surface area contributed by atoms with Crippen LogP contribution in [0.25, 0.3) is 0 Å². The van der Waals surface area contributed by atoms with Gasteiger partial charge in [-0.1, -0.05) is 52.4 Å². The number of carbonyl (C=O) groups is 1. The van der Waals surface area contributed by atoms with Crippen molar-refractivity contribution in [1.82, 2.24) is 4.90 Å². The summed E-state index contributed by atoms with van der Waals surface area (Å²) in [6.07, 6.45) is 14.7. The fourth-order valence-corrected chi connectivity index (χ4v) is 3.25. The van der Waals surface area contributed by atoms with Gasteiger partial charge in [-0.25, -0.2) is 0 Å². The predicted octanol–water partition coefficient (Wildman–Crippen LogP) is 4.96. The maximum atomic E-state index is 11.4. The molecule has 0 bridgehead atoms. The Labute approximate surface area is 126 Å². The number of ketones is 1.